The summed E-state index contributed by atoms with van der Waals surface area (Å²) in [6, 6.07) is 2.43. The van der Waals surface area contributed by atoms with Gasteiger partial charge in [0.15, 0.2) is 27.3 Å². The SMILES string of the molecule is O=C(CC1CS(=O)(=O)CCN1)c1ccc(F)c(F)c1. The Kier molecular flexibility index (Phi) is 3.96. The Labute approximate surface area is 109 Å². The average molecular weight is 289 g/mol. The molecular weight excluding hydrogens is 276 g/mol. The van der Waals surface area contributed by atoms with E-state index in [1.54, 1.807) is 0 Å². The summed E-state index contributed by atoms with van der Waals surface area (Å²) in [5, 5.41) is 2.93. The van der Waals surface area contributed by atoms with E-state index >= 15 is 0 Å². The number of Topliss-reactive ketones (excluding diaryl/α,β-unsaturated/α-hetero) is 1. The van der Waals surface area contributed by atoms with Crippen LogP contribution < -0.4 is 5.32 Å². The number of benzene rings is 1. The third-order valence-corrected chi connectivity index (χ3v) is 4.71. The normalized spacial score (nSPS) is 22.1. The van der Waals surface area contributed by atoms with Crippen molar-refractivity contribution in [3.63, 3.8) is 0 Å². The van der Waals surface area contributed by atoms with Gasteiger partial charge in [0.25, 0.3) is 0 Å². The molecule has 0 bridgehead atoms. The van der Waals surface area contributed by atoms with Gasteiger partial charge in [0.1, 0.15) is 0 Å². The summed E-state index contributed by atoms with van der Waals surface area (Å²) in [4.78, 5) is 11.9. The quantitative estimate of drug-likeness (QED) is 0.841. The molecule has 1 saturated heterocycles. The first-order valence-electron chi connectivity index (χ1n) is 5.79. The van der Waals surface area contributed by atoms with Gasteiger partial charge < -0.3 is 5.32 Å². The molecular formula is C12H13F2NO3S. The largest absolute Gasteiger partial charge is 0.312 e. The van der Waals surface area contributed by atoms with Crippen LogP contribution in [0.2, 0.25) is 0 Å². The molecule has 104 valence electrons. The highest BCUT2D eigenvalue weighted by Crippen LogP contribution is 2.13. The summed E-state index contributed by atoms with van der Waals surface area (Å²) in [5.41, 5.74) is 0.0451. The summed E-state index contributed by atoms with van der Waals surface area (Å²) in [5.74, 6) is -2.57. The predicted octanol–water partition coefficient (Wildman–Crippen LogP) is 0.924. The van der Waals surface area contributed by atoms with Crippen LogP contribution in [0.4, 0.5) is 8.78 Å². The molecule has 0 saturated carbocycles. The minimum Gasteiger partial charge on any atom is -0.312 e. The van der Waals surface area contributed by atoms with E-state index in [-0.39, 0.29) is 23.5 Å². The second kappa shape index (κ2) is 5.34. The second-order valence-electron chi connectivity index (χ2n) is 4.52. The molecule has 0 radical (unpaired) electrons. The zero-order chi connectivity index (χ0) is 14.0. The van der Waals surface area contributed by atoms with Crippen molar-refractivity contribution in [3.05, 3.63) is 35.4 Å². The lowest BCUT2D eigenvalue weighted by Crippen LogP contribution is -2.46. The van der Waals surface area contributed by atoms with Crippen LogP contribution >= 0.6 is 0 Å². The van der Waals surface area contributed by atoms with Crippen LogP contribution in [-0.4, -0.2) is 38.3 Å². The zero-order valence-electron chi connectivity index (χ0n) is 10.0. The molecule has 0 aromatic heterocycles. The minimum absolute atomic E-state index is 0.0451. The lowest BCUT2D eigenvalue weighted by Gasteiger charge is -2.22. The van der Waals surface area contributed by atoms with E-state index in [2.05, 4.69) is 5.32 Å². The van der Waals surface area contributed by atoms with Crippen molar-refractivity contribution in [2.24, 2.45) is 0 Å². The molecule has 0 aliphatic carbocycles. The molecule has 1 aliphatic heterocycles. The van der Waals surface area contributed by atoms with Gasteiger partial charge in [0, 0.05) is 24.6 Å². The summed E-state index contributed by atoms with van der Waals surface area (Å²) in [7, 11) is -3.12. The number of hydrogen-bond acceptors (Lipinski definition) is 4. The Balaban J connectivity index is 2.06. The number of rotatable bonds is 3. The molecule has 0 spiro atoms. The number of hydrogen-bond donors (Lipinski definition) is 1. The fourth-order valence-electron chi connectivity index (χ4n) is 2.01. The maximum absolute atomic E-state index is 13.0. The van der Waals surface area contributed by atoms with Gasteiger partial charge in [-0.3, -0.25) is 4.79 Å². The Morgan fingerprint density at radius 1 is 1.32 bits per heavy atom. The third kappa shape index (κ3) is 3.57. The third-order valence-electron chi connectivity index (χ3n) is 2.97. The van der Waals surface area contributed by atoms with Crippen molar-refractivity contribution < 1.29 is 22.0 Å². The number of carbonyl (C=O) groups excluding carboxylic acids is 1. The van der Waals surface area contributed by atoms with Crippen LogP contribution in [0.15, 0.2) is 18.2 Å². The highest BCUT2D eigenvalue weighted by atomic mass is 32.2. The molecule has 4 nitrogen and oxygen atoms in total. The van der Waals surface area contributed by atoms with E-state index < -0.39 is 33.3 Å². The molecule has 0 amide bonds. The highest BCUT2D eigenvalue weighted by molar-refractivity contribution is 7.91. The maximum Gasteiger partial charge on any atom is 0.164 e. The van der Waals surface area contributed by atoms with Crippen LogP contribution in [0.25, 0.3) is 0 Å². The fourth-order valence-corrected chi connectivity index (χ4v) is 3.45. The summed E-state index contributed by atoms with van der Waals surface area (Å²) in [6.45, 7) is 0.304. The lowest BCUT2D eigenvalue weighted by atomic mass is 10.0. The fraction of sp³-hybridized carbons (Fsp3) is 0.417. The first-order chi connectivity index (χ1) is 8.87. The van der Waals surface area contributed by atoms with E-state index in [1.807, 2.05) is 0 Å². The van der Waals surface area contributed by atoms with Crippen molar-refractivity contribution >= 4 is 15.6 Å². The molecule has 1 heterocycles. The van der Waals surface area contributed by atoms with Crippen LogP contribution in [-0.2, 0) is 9.84 Å². The number of sulfone groups is 1. The minimum atomic E-state index is -3.12. The van der Waals surface area contributed by atoms with Crippen molar-refractivity contribution in [3.8, 4) is 0 Å². The van der Waals surface area contributed by atoms with Gasteiger partial charge in [-0.15, -0.1) is 0 Å². The molecule has 1 unspecified atom stereocenters. The Morgan fingerprint density at radius 2 is 2.05 bits per heavy atom. The van der Waals surface area contributed by atoms with E-state index in [0.29, 0.717) is 6.54 Å². The van der Waals surface area contributed by atoms with Gasteiger partial charge in [0.05, 0.1) is 11.5 Å². The number of carbonyl (C=O) groups is 1. The van der Waals surface area contributed by atoms with E-state index in [1.165, 1.54) is 6.07 Å². The van der Waals surface area contributed by atoms with E-state index in [4.69, 9.17) is 0 Å². The van der Waals surface area contributed by atoms with Crippen LogP contribution in [0.1, 0.15) is 16.8 Å². The van der Waals surface area contributed by atoms with Crippen molar-refractivity contribution in [1.82, 2.24) is 5.32 Å². The monoisotopic (exact) mass is 289 g/mol. The van der Waals surface area contributed by atoms with Crippen LogP contribution in [0.3, 0.4) is 0 Å². The van der Waals surface area contributed by atoms with Gasteiger partial charge in [-0.2, -0.15) is 0 Å². The first-order valence-corrected chi connectivity index (χ1v) is 7.61. The predicted molar refractivity (Wildman–Crippen MR) is 65.8 cm³/mol. The topological polar surface area (TPSA) is 63.2 Å². The smallest absolute Gasteiger partial charge is 0.164 e. The molecule has 19 heavy (non-hydrogen) atoms. The Hall–Kier alpha value is -1.34. The second-order valence-corrected chi connectivity index (χ2v) is 6.75. The van der Waals surface area contributed by atoms with Crippen molar-refractivity contribution in [1.29, 1.82) is 0 Å². The molecule has 1 aromatic carbocycles. The van der Waals surface area contributed by atoms with Gasteiger partial charge in [-0.1, -0.05) is 0 Å². The molecule has 1 atom stereocenters. The summed E-state index contributed by atoms with van der Waals surface area (Å²) < 4.78 is 48.6. The summed E-state index contributed by atoms with van der Waals surface area (Å²) in [6.07, 6.45) is -0.0513. The maximum atomic E-state index is 13.0. The van der Waals surface area contributed by atoms with Gasteiger partial charge in [0.2, 0.25) is 0 Å². The van der Waals surface area contributed by atoms with Crippen LogP contribution in [0, 0.1) is 11.6 Å². The Morgan fingerprint density at radius 3 is 2.68 bits per heavy atom. The standard InChI is InChI=1S/C12H13F2NO3S/c13-10-2-1-8(5-11(10)14)12(16)6-9-7-19(17,18)4-3-15-9/h1-2,5,9,15H,3-4,6-7H2. The lowest BCUT2D eigenvalue weighted by molar-refractivity contribution is 0.0971. The van der Waals surface area contributed by atoms with Gasteiger partial charge >= 0.3 is 0 Å². The number of nitrogens with one attached hydrogen (secondary N) is 1. The first kappa shape index (κ1) is 14.1. The van der Waals surface area contributed by atoms with Crippen molar-refractivity contribution in [2.75, 3.05) is 18.1 Å². The van der Waals surface area contributed by atoms with Crippen LogP contribution in [0.5, 0.6) is 0 Å². The molecule has 2 rings (SSSR count). The highest BCUT2D eigenvalue weighted by Gasteiger charge is 2.26. The molecule has 7 heteroatoms. The van der Waals surface area contributed by atoms with E-state index in [0.717, 1.165) is 12.1 Å². The number of halogens is 2. The molecule has 1 N–H and O–H groups in total. The molecule has 1 fully saturated rings. The number of ketones is 1. The summed E-state index contributed by atoms with van der Waals surface area (Å²) >= 11 is 0. The molecule has 1 aliphatic rings. The molecule has 1 aromatic rings. The van der Waals surface area contributed by atoms with E-state index in [9.17, 15) is 22.0 Å². The van der Waals surface area contributed by atoms with Gasteiger partial charge in [-0.25, -0.2) is 17.2 Å². The zero-order valence-corrected chi connectivity index (χ0v) is 10.8. The Bertz CT molecular complexity index is 601. The van der Waals surface area contributed by atoms with Crippen molar-refractivity contribution in [2.45, 2.75) is 12.5 Å². The average Bonchev–Trinajstić information content (AvgIpc) is 2.31. The van der Waals surface area contributed by atoms with Gasteiger partial charge in [-0.05, 0) is 18.2 Å².